The van der Waals surface area contributed by atoms with Crippen molar-refractivity contribution in [1.29, 1.82) is 5.26 Å². The third kappa shape index (κ3) is 4.96. The molecular formula is C15H15F3N2O4. The summed E-state index contributed by atoms with van der Waals surface area (Å²) in [5, 5.41) is 29.6. The van der Waals surface area contributed by atoms with E-state index in [2.05, 4.69) is 5.32 Å². The number of halogens is 3. The first kappa shape index (κ1) is 19.4. The number of aliphatic hydroxyl groups excluding tert-OH is 1. The largest absolute Gasteiger partial charge is 0.480 e. The Kier molecular flexibility index (Phi) is 6.31. The highest BCUT2D eigenvalue weighted by Crippen LogP contribution is 2.30. The van der Waals surface area contributed by atoms with Gasteiger partial charge in [0, 0.05) is 12.3 Å². The van der Waals surface area contributed by atoms with Crippen molar-refractivity contribution in [2.24, 2.45) is 5.92 Å². The second kappa shape index (κ2) is 7.79. The predicted molar refractivity (Wildman–Crippen MR) is 75.4 cm³/mol. The highest BCUT2D eigenvalue weighted by molar-refractivity contribution is 5.87. The Bertz CT molecular complexity index is 638. The zero-order valence-electron chi connectivity index (χ0n) is 12.5. The topological polar surface area (TPSA) is 110 Å². The number of nitrogens with zero attached hydrogens (tertiary/aromatic N) is 1. The van der Waals surface area contributed by atoms with Gasteiger partial charge in [-0.3, -0.25) is 4.79 Å². The van der Waals surface area contributed by atoms with Gasteiger partial charge in [0.1, 0.15) is 6.04 Å². The Morgan fingerprint density at radius 1 is 1.29 bits per heavy atom. The van der Waals surface area contributed by atoms with Crippen LogP contribution < -0.4 is 5.32 Å². The molecule has 0 saturated carbocycles. The van der Waals surface area contributed by atoms with Crippen LogP contribution in [0.4, 0.5) is 13.2 Å². The lowest BCUT2D eigenvalue weighted by Gasteiger charge is -2.21. The molecule has 1 rings (SSSR count). The zero-order valence-corrected chi connectivity index (χ0v) is 12.5. The fourth-order valence-corrected chi connectivity index (χ4v) is 1.95. The fraction of sp³-hybridized carbons (Fsp3) is 0.400. The summed E-state index contributed by atoms with van der Waals surface area (Å²) in [5.74, 6) is -3.17. The van der Waals surface area contributed by atoms with Crippen LogP contribution in [-0.2, 0) is 15.8 Å². The average molecular weight is 344 g/mol. The number of nitrogens with one attached hydrogen (secondary N) is 1. The maximum Gasteiger partial charge on any atom is 0.416 e. The van der Waals surface area contributed by atoms with Crippen LogP contribution in [0.2, 0.25) is 0 Å². The molecule has 3 atom stereocenters. The average Bonchev–Trinajstić information content (AvgIpc) is 2.50. The van der Waals surface area contributed by atoms with E-state index in [1.54, 1.807) is 6.07 Å². The number of hydrogen-bond acceptors (Lipinski definition) is 4. The van der Waals surface area contributed by atoms with Crippen molar-refractivity contribution in [1.82, 2.24) is 5.32 Å². The number of carboxylic acids is 1. The third-order valence-corrected chi connectivity index (χ3v) is 3.35. The van der Waals surface area contributed by atoms with Crippen molar-refractivity contribution in [3.63, 3.8) is 0 Å². The summed E-state index contributed by atoms with van der Waals surface area (Å²) in [6.45, 7) is 1.44. The number of hydrogen-bond donors (Lipinski definition) is 3. The van der Waals surface area contributed by atoms with E-state index in [1.807, 2.05) is 0 Å². The molecule has 0 saturated heterocycles. The highest BCUT2D eigenvalue weighted by atomic mass is 19.4. The van der Waals surface area contributed by atoms with E-state index < -0.39 is 41.7 Å². The number of carbonyl (C=O) groups is 2. The van der Waals surface area contributed by atoms with Crippen LogP contribution in [0.15, 0.2) is 24.3 Å². The first-order valence-corrected chi connectivity index (χ1v) is 6.83. The molecule has 0 aliphatic rings. The Balaban J connectivity index is 2.86. The van der Waals surface area contributed by atoms with Gasteiger partial charge in [-0.15, -0.1) is 0 Å². The van der Waals surface area contributed by atoms with Gasteiger partial charge in [0.2, 0.25) is 0 Å². The van der Waals surface area contributed by atoms with Gasteiger partial charge >= 0.3 is 12.1 Å². The lowest BCUT2D eigenvalue weighted by Crippen LogP contribution is -2.46. The Labute approximate surface area is 135 Å². The second-order valence-electron chi connectivity index (χ2n) is 5.19. The van der Waals surface area contributed by atoms with Gasteiger partial charge in [-0.25, -0.2) is 4.79 Å². The number of carboxylic acid groups (broad SMARTS) is 1. The minimum absolute atomic E-state index is 0.113. The van der Waals surface area contributed by atoms with E-state index in [9.17, 15) is 27.9 Å². The van der Waals surface area contributed by atoms with Gasteiger partial charge in [-0.1, -0.05) is 19.1 Å². The van der Waals surface area contributed by atoms with Crippen molar-refractivity contribution in [2.45, 2.75) is 31.7 Å². The quantitative estimate of drug-likeness (QED) is 0.729. The number of alkyl halides is 3. The van der Waals surface area contributed by atoms with Gasteiger partial charge in [0.15, 0.2) is 6.10 Å². The standard InChI is InChI=1S/C15H15F3N2O4/c1-8(6-7-19)11(14(23)24)20-13(22)12(21)9-2-4-10(5-3-9)15(16,17)18/h2-5,8,11-12,21H,6H2,1H3,(H,20,22)(H,23,24)/t8-,11+,12+/m1/s1. The third-order valence-electron chi connectivity index (χ3n) is 3.35. The molecule has 6 nitrogen and oxygen atoms in total. The first-order valence-electron chi connectivity index (χ1n) is 6.83. The molecule has 1 aromatic carbocycles. The van der Waals surface area contributed by atoms with Gasteiger partial charge in [0.25, 0.3) is 5.91 Å². The normalized spacial score (nSPS) is 15.0. The number of aliphatic hydroxyl groups is 1. The van der Waals surface area contributed by atoms with E-state index in [-0.39, 0.29) is 12.0 Å². The summed E-state index contributed by atoms with van der Waals surface area (Å²) >= 11 is 0. The van der Waals surface area contributed by atoms with Crippen molar-refractivity contribution in [3.8, 4) is 6.07 Å². The molecule has 130 valence electrons. The molecule has 0 heterocycles. The molecule has 0 spiro atoms. The number of rotatable bonds is 6. The smallest absolute Gasteiger partial charge is 0.416 e. The van der Waals surface area contributed by atoms with Crippen LogP contribution in [0.1, 0.15) is 30.6 Å². The lowest BCUT2D eigenvalue weighted by molar-refractivity contribution is -0.145. The summed E-state index contributed by atoms with van der Waals surface area (Å²) in [4.78, 5) is 23.1. The lowest BCUT2D eigenvalue weighted by atomic mass is 9.98. The summed E-state index contributed by atoms with van der Waals surface area (Å²) in [6.07, 6.45) is -6.51. The molecule has 0 aromatic heterocycles. The van der Waals surface area contributed by atoms with Gasteiger partial charge < -0.3 is 15.5 Å². The van der Waals surface area contributed by atoms with Gasteiger partial charge in [-0.05, 0) is 17.7 Å². The molecule has 1 amide bonds. The number of aliphatic carboxylic acids is 1. The maximum atomic E-state index is 12.5. The van der Waals surface area contributed by atoms with Crippen molar-refractivity contribution in [2.75, 3.05) is 0 Å². The summed E-state index contributed by atoms with van der Waals surface area (Å²) in [5.41, 5.74) is -1.05. The Morgan fingerprint density at radius 2 is 1.83 bits per heavy atom. The molecule has 24 heavy (non-hydrogen) atoms. The molecule has 0 fully saturated rings. The molecule has 3 N–H and O–H groups in total. The van der Waals surface area contributed by atoms with Crippen LogP contribution in [0.25, 0.3) is 0 Å². The van der Waals surface area contributed by atoms with Crippen molar-refractivity contribution < 1.29 is 33.0 Å². The van der Waals surface area contributed by atoms with E-state index >= 15 is 0 Å². The molecule has 0 radical (unpaired) electrons. The molecule has 1 aromatic rings. The van der Waals surface area contributed by atoms with E-state index in [0.717, 1.165) is 12.1 Å². The van der Waals surface area contributed by atoms with Crippen LogP contribution in [0.3, 0.4) is 0 Å². The summed E-state index contributed by atoms with van der Waals surface area (Å²) < 4.78 is 37.4. The zero-order chi connectivity index (χ0) is 18.5. The van der Waals surface area contributed by atoms with Crippen molar-refractivity contribution >= 4 is 11.9 Å². The van der Waals surface area contributed by atoms with Crippen LogP contribution in [-0.4, -0.2) is 28.1 Å². The number of benzene rings is 1. The molecule has 0 aliphatic carbocycles. The monoisotopic (exact) mass is 344 g/mol. The van der Waals surface area contributed by atoms with Crippen LogP contribution in [0, 0.1) is 17.2 Å². The van der Waals surface area contributed by atoms with Crippen LogP contribution >= 0.6 is 0 Å². The number of amides is 1. The van der Waals surface area contributed by atoms with Crippen LogP contribution in [0.5, 0.6) is 0 Å². The van der Waals surface area contributed by atoms with E-state index in [4.69, 9.17) is 10.4 Å². The number of carbonyl (C=O) groups excluding carboxylic acids is 1. The molecular weight excluding hydrogens is 329 g/mol. The first-order chi connectivity index (χ1) is 11.1. The van der Waals surface area contributed by atoms with Crippen molar-refractivity contribution in [3.05, 3.63) is 35.4 Å². The molecule has 0 aliphatic heterocycles. The van der Waals surface area contributed by atoms with E-state index in [0.29, 0.717) is 12.1 Å². The highest BCUT2D eigenvalue weighted by Gasteiger charge is 2.32. The van der Waals surface area contributed by atoms with E-state index in [1.165, 1.54) is 6.92 Å². The second-order valence-corrected chi connectivity index (χ2v) is 5.19. The predicted octanol–water partition coefficient (Wildman–Crippen LogP) is 1.86. The van der Waals surface area contributed by atoms with Gasteiger partial charge in [-0.2, -0.15) is 18.4 Å². The minimum atomic E-state index is -4.55. The summed E-state index contributed by atoms with van der Waals surface area (Å²) in [7, 11) is 0. The Hall–Kier alpha value is -2.60. The number of nitriles is 1. The summed E-state index contributed by atoms with van der Waals surface area (Å²) in [6, 6.07) is 3.65. The molecule has 9 heteroatoms. The SMILES string of the molecule is C[C@H](CC#N)[C@H](NC(=O)[C@@H](O)c1ccc(C(F)(F)F)cc1)C(=O)O. The molecule has 0 unspecified atom stereocenters. The molecule has 0 bridgehead atoms. The van der Waals surface area contributed by atoms with Gasteiger partial charge in [0.05, 0.1) is 11.6 Å². The fourth-order valence-electron chi connectivity index (χ4n) is 1.95. The minimum Gasteiger partial charge on any atom is -0.480 e. The maximum absolute atomic E-state index is 12.5. The Morgan fingerprint density at radius 3 is 2.25 bits per heavy atom.